The van der Waals surface area contributed by atoms with Crippen molar-refractivity contribution in [1.29, 1.82) is 0 Å². The molecule has 0 saturated heterocycles. The first-order chi connectivity index (χ1) is 8.04. The molecular formula is C13H16N2O2. The Morgan fingerprint density at radius 3 is 2.94 bits per heavy atom. The van der Waals surface area contributed by atoms with Crippen molar-refractivity contribution < 1.29 is 9.21 Å². The van der Waals surface area contributed by atoms with Gasteiger partial charge in [-0.3, -0.25) is 4.79 Å². The van der Waals surface area contributed by atoms with Crippen LogP contribution in [-0.2, 0) is 11.2 Å². The number of aromatic nitrogens is 1. The predicted molar refractivity (Wildman–Crippen MR) is 65.7 cm³/mol. The first-order valence-electron chi connectivity index (χ1n) is 5.70. The fourth-order valence-electron chi connectivity index (χ4n) is 1.75. The molecule has 0 aliphatic carbocycles. The highest BCUT2D eigenvalue weighted by Crippen LogP contribution is 2.17. The molecule has 0 atom stereocenters. The van der Waals surface area contributed by atoms with Crippen molar-refractivity contribution in [2.75, 3.05) is 0 Å². The van der Waals surface area contributed by atoms with Gasteiger partial charge in [-0.1, -0.05) is 6.07 Å². The molecule has 17 heavy (non-hydrogen) atoms. The van der Waals surface area contributed by atoms with Gasteiger partial charge in [0.05, 0.1) is 6.42 Å². The van der Waals surface area contributed by atoms with Crippen LogP contribution in [0.25, 0.3) is 11.1 Å². The van der Waals surface area contributed by atoms with Crippen LogP contribution >= 0.6 is 0 Å². The molecule has 0 saturated carbocycles. The smallest absolute Gasteiger partial charge is 0.224 e. The van der Waals surface area contributed by atoms with Gasteiger partial charge in [0, 0.05) is 13.0 Å². The van der Waals surface area contributed by atoms with Crippen molar-refractivity contribution >= 4 is 17.0 Å². The maximum Gasteiger partial charge on any atom is 0.224 e. The van der Waals surface area contributed by atoms with E-state index in [0.717, 1.165) is 16.7 Å². The molecule has 2 rings (SSSR count). The fourth-order valence-corrected chi connectivity index (χ4v) is 1.75. The van der Waals surface area contributed by atoms with Crippen molar-refractivity contribution in [3.8, 4) is 0 Å². The van der Waals surface area contributed by atoms with Crippen LogP contribution in [0.3, 0.4) is 0 Å². The fraction of sp³-hybridized carbons (Fsp3) is 0.385. The molecule has 0 aliphatic rings. The highest BCUT2D eigenvalue weighted by atomic mass is 16.3. The van der Waals surface area contributed by atoms with E-state index in [4.69, 9.17) is 4.42 Å². The van der Waals surface area contributed by atoms with Gasteiger partial charge in [-0.15, -0.1) is 0 Å². The van der Waals surface area contributed by atoms with Crippen LogP contribution in [0.1, 0.15) is 25.3 Å². The molecule has 4 heteroatoms. The average Bonchev–Trinajstić information content (AvgIpc) is 2.55. The highest BCUT2D eigenvalue weighted by molar-refractivity contribution is 5.81. The molecule has 0 aliphatic heterocycles. The zero-order valence-corrected chi connectivity index (χ0v) is 10.3. The van der Waals surface area contributed by atoms with Gasteiger partial charge in [0.1, 0.15) is 5.52 Å². The summed E-state index contributed by atoms with van der Waals surface area (Å²) >= 11 is 0. The molecule has 90 valence electrons. The largest absolute Gasteiger partial charge is 0.441 e. The second kappa shape index (κ2) is 4.57. The molecule has 0 unspecified atom stereocenters. The molecule has 4 nitrogen and oxygen atoms in total. The van der Waals surface area contributed by atoms with Gasteiger partial charge < -0.3 is 9.73 Å². The van der Waals surface area contributed by atoms with E-state index in [1.165, 1.54) is 0 Å². The van der Waals surface area contributed by atoms with Crippen LogP contribution < -0.4 is 5.32 Å². The monoisotopic (exact) mass is 232 g/mol. The summed E-state index contributed by atoms with van der Waals surface area (Å²) in [4.78, 5) is 15.8. The molecule has 1 heterocycles. The van der Waals surface area contributed by atoms with Crippen LogP contribution in [0.15, 0.2) is 22.6 Å². The SMILES string of the molecule is Cc1nc2ccc(CC(=O)NC(C)C)cc2o1. The molecule has 0 fully saturated rings. The topological polar surface area (TPSA) is 55.1 Å². The Kier molecular flexibility index (Phi) is 3.13. The lowest BCUT2D eigenvalue weighted by atomic mass is 10.1. The number of oxazole rings is 1. The van der Waals surface area contributed by atoms with Gasteiger partial charge in [-0.2, -0.15) is 0 Å². The van der Waals surface area contributed by atoms with Gasteiger partial charge >= 0.3 is 0 Å². The summed E-state index contributed by atoms with van der Waals surface area (Å²) in [5.41, 5.74) is 2.50. The molecule has 0 radical (unpaired) electrons. The number of hydrogen-bond donors (Lipinski definition) is 1. The van der Waals surface area contributed by atoms with E-state index in [1.54, 1.807) is 0 Å². The lowest BCUT2D eigenvalue weighted by molar-refractivity contribution is -0.120. The number of fused-ring (bicyclic) bond motifs is 1. The highest BCUT2D eigenvalue weighted by Gasteiger charge is 2.07. The molecule has 1 aromatic heterocycles. The molecule has 0 bridgehead atoms. The molecule has 2 aromatic rings. The zero-order valence-electron chi connectivity index (χ0n) is 10.3. The standard InChI is InChI=1S/C13H16N2O2/c1-8(2)14-13(16)7-10-4-5-11-12(6-10)17-9(3)15-11/h4-6,8H,7H2,1-3H3,(H,14,16). The third kappa shape index (κ3) is 2.84. The summed E-state index contributed by atoms with van der Waals surface area (Å²) in [5.74, 6) is 0.666. The van der Waals surface area contributed by atoms with E-state index in [9.17, 15) is 4.79 Å². The van der Waals surface area contributed by atoms with E-state index in [-0.39, 0.29) is 11.9 Å². The molecule has 0 spiro atoms. The van der Waals surface area contributed by atoms with Gasteiger partial charge in [0.25, 0.3) is 0 Å². The lowest BCUT2D eigenvalue weighted by Crippen LogP contribution is -2.31. The Balaban J connectivity index is 2.16. The van der Waals surface area contributed by atoms with E-state index >= 15 is 0 Å². The number of rotatable bonds is 3. The van der Waals surface area contributed by atoms with E-state index < -0.39 is 0 Å². The number of amides is 1. The van der Waals surface area contributed by atoms with Crippen molar-refractivity contribution in [3.05, 3.63) is 29.7 Å². The first-order valence-corrected chi connectivity index (χ1v) is 5.70. The minimum Gasteiger partial charge on any atom is -0.441 e. The number of benzene rings is 1. The third-order valence-electron chi connectivity index (χ3n) is 2.37. The van der Waals surface area contributed by atoms with Crippen molar-refractivity contribution in [2.24, 2.45) is 0 Å². The summed E-state index contributed by atoms with van der Waals surface area (Å²) in [7, 11) is 0. The van der Waals surface area contributed by atoms with Crippen LogP contribution in [0.2, 0.25) is 0 Å². The first kappa shape index (κ1) is 11.6. The summed E-state index contributed by atoms with van der Waals surface area (Å²) < 4.78 is 5.43. The third-order valence-corrected chi connectivity index (χ3v) is 2.37. The Hall–Kier alpha value is -1.84. The van der Waals surface area contributed by atoms with Crippen molar-refractivity contribution in [2.45, 2.75) is 33.2 Å². The molecule has 1 amide bonds. The lowest BCUT2D eigenvalue weighted by Gasteiger charge is -2.07. The van der Waals surface area contributed by atoms with Crippen LogP contribution in [0.4, 0.5) is 0 Å². The Morgan fingerprint density at radius 1 is 1.47 bits per heavy atom. The van der Waals surface area contributed by atoms with Crippen molar-refractivity contribution in [3.63, 3.8) is 0 Å². The summed E-state index contributed by atoms with van der Waals surface area (Å²) in [6.07, 6.45) is 0.369. The number of hydrogen-bond acceptors (Lipinski definition) is 3. The Labute approximate surface area is 100 Å². The van der Waals surface area contributed by atoms with Crippen LogP contribution in [-0.4, -0.2) is 16.9 Å². The van der Waals surface area contributed by atoms with Crippen molar-refractivity contribution in [1.82, 2.24) is 10.3 Å². The van der Waals surface area contributed by atoms with Gasteiger partial charge in [0.15, 0.2) is 11.5 Å². The van der Waals surface area contributed by atoms with E-state index in [1.807, 2.05) is 39.0 Å². The number of carbonyl (C=O) groups is 1. The second-order valence-electron chi connectivity index (χ2n) is 4.43. The summed E-state index contributed by atoms with van der Waals surface area (Å²) in [5, 5.41) is 2.86. The number of nitrogens with zero attached hydrogens (tertiary/aromatic N) is 1. The predicted octanol–water partition coefficient (Wildman–Crippen LogP) is 2.20. The van der Waals surface area contributed by atoms with E-state index in [0.29, 0.717) is 12.3 Å². The molecular weight excluding hydrogens is 216 g/mol. The van der Waals surface area contributed by atoms with Crippen LogP contribution in [0, 0.1) is 6.92 Å². The average molecular weight is 232 g/mol. The Morgan fingerprint density at radius 2 is 2.24 bits per heavy atom. The Bertz CT molecular complexity index is 543. The maximum absolute atomic E-state index is 11.6. The molecule has 1 N–H and O–H groups in total. The summed E-state index contributed by atoms with van der Waals surface area (Å²) in [6.45, 7) is 5.70. The van der Waals surface area contributed by atoms with Gasteiger partial charge in [0.2, 0.25) is 5.91 Å². The minimum atomic E-state index is 0.0237. The number of carbonyl (C=O) groups excluding carboxylic acids is 1. The van der Waals surface area contributed by atoms with E-state index in [2.05, 4.69) is 10.3 Å². The molecule has 1 aromatic carbocycles. The van der Waals surface area contributed by atoms with Gasteiger partial charge in [-0.05, 0) is 31.5 Å². The maximum atomic E-state index is 11.6. The number of aryl methyl sites for hydroxylation is 1. The second-order valence-corrected chi connectivity index (χ2v) is 4.43. The minimum absolute atomic E-state index is 0.0237. The normalized spacial score (nSPS) is 11.1. The van der Waals surface area contributed by atoms with Crippen LogP contribution in [0.5, 0.6) is 0 Å². The zero-order chi connectivity index (χ0) is 12.4. The number of nitrogens with one attached hydrogen (secondary N) is 1. The summed E-state index contributed by atoms with van der Waals surface area (Å²) in [6, 6.07) is 5.82. The quantitative estimate of drug-likeness (QED) is 0.882. The van der Waals surface area contributed by atoms with Gasteiger partial charge in [-0.25, -0.2) is 4.98 Å².